The summed E-state index contributed by atoms with van der Waals surface area (Å²) in [7, 11) is 1.61. The number of rotatable bonds is 8. The van der Waals surface area contributed by atoms with Crippen LogP contribution in [0.4, 0.5) is 5.95 Å². The predicted octanol–water partition coefficient (Wildman–Crippen LogP) is -0.760. The summed E-state index contributed by atoms with van der Waals surface area (Å²) in [5.74, 6) is -0.800. The van der Waals surface area contributed by atoms with Crippen molar-refractivity contribution in [2.45, 2.75) is 31.0 Å². The van der Waals surface area contributed by atoms with Crippen LogP contribution in [0.1, 0.15) is 11.8 Å². The predicted molar refractivity (Wildman–Crippen MR) is 136 cm³/mol. The molecule has 0 bridgehead atoms. The Hall–Kier alpha value is -2.72. The number of H-pyrrole nitrogens is 1. The third kappa shape index (κ3) is 5.31. The van der Waals surface area contributed by atoms with Crippen LogP contribution in [0.5, 0.6) is 5.88 Å². The molecule has 10 N–H and O–H groups in total. The Morgan fingerprint density at radius 3 is 2.86 bits per heavy atom. The molecule has 0 saturated carbocycles. The molecular weight excluding hydrogens is 523 g/mol. The first-order valence-electron chi connectivity index (χ1n) is 11.1. The Morgan fingerprint density at radius 1 is 1.32 bits per heavy atom. The summed E-state index contributed by atoms with van der Waals surface area (Å²) in [6, 6.07) is 7.91. The second kappa shape index (κ2) is 10.6. The maximum absolute atomic E-state index is 12.2. The zero-order chi connectivity index (χ0) is 25.6. The van der Waals surface area contributed by atoms with Crippen molar-refractivity contribution in [3.8, 4) is 5.88 Å². The zero-order valence-electron chi connectivity index (χ0n) is 19.9. The first-order chi connectivity index (χ1) is 17.1. The number of imidazole rings is 1. The number of aliphatic hydroxyl groups excluding tert-OH is 2. The van der Waals surface area contributed by atoms with Crippen molar-refractivity contribution >= 4 is 46.5 Å². The number of anilines is 1. The van der Waals surface area contributed by atoms with Gasteiger partial charge >= 0.3 is 5.65 Å². The molecule has 1 aromatic carbocycles. The molecule has 14 nitrogen and oxygen atoms in total. The lowest BCUT2D eigenvalue weighted by molar-refractivity contribution is -0.745. The molecule has 0 amide bonds. The van der Waals surface area contributed by atoms with Gasteiger partial charge < -0.3 is 46.3 Å². The third-order valence-corrected chi connectivity index (χ3v) is 7.98. The van der Waals surface area contributed by atoms with Gasteiger partial charge in [0.05, 0.1) is 13.7 Å². The molecule has 1 saturated heterocycles. The molecule has 4 heterocycles. The first kappa shape index (κ1) is 27.3. The van der Waals surface area contributed by atoms with E-state index in [1.165, 1.54) is 15.5 Å². The number of hydrogen-bond acceptors (Lipinski definition) is 10. The van der Waals surface area contributed by atoms with Gasteiger partial charge in [0, 0.05) is 29.5 Å². The fourth-order valence-electron chi connectivity index (χ4n) is 4.40. The van der Waals surface area contributed by atoms with E-state index in [0.717, 1.165) is 16.5 Å². The molecule has 16 heteroatoms. The molecule has 5 atom stereocenters. The molecule has 5 rings (SSSR count). The van der Waals surface area contributed by atoms with Crippen molar-refractivity contribution in [2.24, 2.45) is 7.05 Å². The number of hydrogen-bond donors (Lipinski definition) is 7. The summed E-state index contributed by atoms with van der Waals surface area (Å²) >= 11 is 5.21. The van der Waals surface area contributed by atoms with E-state index in [9.17, 15) is 20.2 Å². The Kier molecular flexibility index (Phi) is 7.80. The molecule has 4 aromatic rings. The number of aliphatic hydroxyl groups is 2. The highest BCUT2D eigenvalue weighted by Crippen LogP contribution is 2.39. The van der Waals surface area contributed by atoms with Crippen molar-refractivity contribution in [1.82, 2.24) is 30.8 Å². The molecule has 1 aliphatic heterocycles. The third-order valence-electron chi connectivity index (χ3n) is 6.15. The first-order valence-corrected chi connectivity index (χ1v) is 13.8. The number of para-hydroxylation sites is 1. The van der Waals surface area contributed by atoms with Crippen LogP contribution >= 0.6 is 6.64 Å². The summed E-state index contributed by atoms with van der Waals surface area (Å²) in [5.41, 5.74) is 8.04. The number of nitrogens with two attached hydrogens (primary N) is 1. The van der Waals surface area contributed by atoms with Crippen LogP contribution in [0.25, 0.3) is 22.1 Å². The minimum absolute atomic E-state index is 0. The van der Waals surface area contributed by atoms with Crippen molar-refractivity contribution in [2.75, 3.05) is 18.9 Å². The van der Waals surface area contributed by atoms with Crippen LogP contribution in [0.3, 0.4) is 0 Å². The molecular formula is C21H29N8O6PS. The maximum Gasteiger partial charge on any atom is 0.309 e. The lowest BCUT2D eigenvalue weighted by Gasteiger charge is -2.20. The number of nitrogens with zero attached hydrogens (tertiary/aromatic N) is 4. The van der Waals surface area contributed by atoms with Gasteiger partial charge in [0.25, 0.3) is 12.6 Å². The molecule has 3 aromatic heterocycles. The fourth-order valence-corrected chi connectivity index (χ4v) is 5.69. The van der Waals surface area contributed by atoms with Crippen LogP contribution in [-0.4, -0.2) is 66.1 Å². The highest BCUT2D eigenvalue weighted by molar-refractivity contribution is 8.08. The molecule has 1 unspecified atom stereocenters. The van der Waals surface area contributed by atoms with E-state index in [0.29, 0.717) is 13.0 Å². The van der Waals surface area contributed by atoms with Gasteiger partial charge in [0.15, 0.2) is 11.8 Å². The second-order valence-electron chi connectivity index (χ2n) is 8.57. The smallest absolute Gasteiger partial charge is 0.309 e. The van der Waals surface area contributed by atoms with E-state index in [1.807, 2.05) is 30.5 Å². The SMILES string of the molecule is Cn1c[n+]([C@@H]2O[C@H](COP(O)(=S)NCCc3c[nH]c4ccccc34)[C@@H](O)[C@H]2O)c2nc(N)nc([O-])c21.N. The number of ether oxygens (including phenoxy) is 1. The van der Waals surface area contributed by atoms with Gasteiger partial charge in [-0.3, -0.25) is 4.57 Å². The monoisotopic (exact) mass is 552 g/mol. The maximum atomic E-state index is 12.2. The fraction of sp³-hybridized carbons (Fsp3) is 0.381. The topological polar surface area (TPSA) is 226 Å². The lowest BCUT2D eigenvalue weighted by atomic mass is 10.1. The summed E-state index contributed by atoms with van der Waals surface area (Å²) in [4.78, 5) is 21.5. The molecule has 0 aliphatic carbocycles. The number of nitrogen functional groups attached to an aromatic ring is 1. The number of aromatic nitrogens is 5. The molecule has 1 fully saturated rings. The van der Waals surface area contributed by atoms with Gasteiger partial charge in [-0.1, -0.05) is 23.2 Å². The van der Waals surface area contributed by atoms with Gasteiger partial charge in [-0.05, 0) is 29.9 Å². The number of nitrogens with one attached hydrogen (secondary N) is 2. The van der Waals surface area contributed by atoms with Crippen molar-refractivity contribution in [3.63, 3.8) is 0 Å². The number of benzene rings is 1. The summed E-state index contributed by atoms with van der Waals surface area (Å²) < 4.78 is 14.2. The van der Waals surface area contributed by atoms with Crippen molar-refractivity contribution in [1.29, 1.82) is 0 Å². The molecule has 0 spiro atoms. The normalized spacial score (nSPS) is 23.4. The van der Waals surface area contributed by atoms with Crippen LogP contribution in [0, 0.1) is 0 Å². The Bertz CT molecular complexity index is 1460. The molecule has 1 aliphatic rings. The molecule has 37 heavy (non-hydrogen) atoms. The summed E-state index contributed by atoms with van der Waals surface area (Å²) in [5, 5.41) is 37.4. The van der Waals surface area contributed by atoms with Gasteiger partial charge in [-0.25, -0.2) is 14.6 Å². The van der Waals surface area contributed by atoms with E-state index in [2.05, 4.69) is 20.0 Å². The van der Waals surface area contributed by atoms with Crippen molar-refractivity contribution < 1.29 is 34.0 Å². The average molecular weight is 553 g/mol. The summed E-state index contributed by atoms with van der Waals surface area (Å²) in [6.07, 6.45) is -0.776. The Morgan fingerprint density at radius 2 is 2.08 bits per heavy atom. The Balaban J connectivity index is 0.00000320. The number of fused-ring (bicyclic) bond motifs is 2. The highest BCUT2D eigenvalue weighted by atomic mass is 32.5. The zero-order valence-corrected chi connectivity index (χ0v) is 21.6. The van der Waals surface area contributed by atoms with Crippen molar-refractivity contribution in [3.05, 3.63) is 42.4 Å². The quantitative estimate of drug-likeness (QED) is 0.106. The lowest BCUT2D eigenvalue weighted by Crippen LogP contribution is -2.46. The van der Waals surface area contributed by atoms with E-state index in [-0.39, 0.29) is 29.9 Å². The van der Waals surface area contributed by atoms with Crippen LogP contribution in [0.15, 0.2) is 36.8 Å². The van der Waals surface area contributed by atoms with Crippen LogP contribution in [-0.2, 0) is 34.5 Å². The average Bonchev–Trinajstić information content (AvgIpc) is 3.47. The largest absolute Gasteiger partial charge is 0.856 e. The van der Waals surface area contributed by atoms with Crippen LogP contribution < -0.4 is 26.6 Å². The van der Waals surface area contributed by atoms with E-state index in [1.54, 1.807) is 7.05 Å². The molecule has 200 valence electrons. The standard InChI is InChI=1S/C21H26N7O6PS.H3N/c1-27-10-28(18-15(27)19(31)26-21(22)25-18)20-17(30)16(29)14(34-20)9-33-35(32,36)24-7-6-11-8-23-13-5-3-2-4-12(11)13;/h2-5,8,10,14,16-17,20,23,29-30H,6-7,9H2,1H3,(H4-,22,24,25,26,31,32,36);1H3/t14-,16-,17-,20-,35?;/m1./s1. The highest BCUT2D eigenvalue weighted by Gasteiger charge is 2.47. The van der Waals surface area contributed by atoms with Crippen LogP contribution in [0.2, 0.25) is 0 Å². The summed E-state index contributed by atoms with van der Waals surface area (Å²) in [6.45, 7) is -3.29. The second-order valence-corrected chi connectivity index (χ2v) is 11.7. The number of aryl methyl sites for hydroxylation is 1. The van der Waals surface area contributed by atoms with E-state index < -0.39 is 37.1 Å². The van der Waals surface area contributed by atoms with E-state index in [4.69, 9.17) is 26.8 Å². The Labute approximate surface area is 216 Å². The number of aromatic amines is 1. The minimum atomic E-state index is -3.40. The van der Waals surface area contributed by atoms with Gasteiger partial charge in [-0.2, -0.15) is 0 Å². The van der Waals surface area contributed by atoms with Gasteiger partial charge in [-0.15, -0.1) is 0 Å². The van der Waals surface area contributed by atoms with Gasteiger partial charge in [0.1, 0.15) is 18.3 Å². The van der Waals surface area contributed by atoms with E-state index >= 15 is 0 Å². The van der Waals surface area contributed by atoms with Gasteiger partial charge in [0.2, 0.25) is 6.23 Å². The molecule has 0 radical (unpaired) electrons. The minimum Gasteiger partial charge on any atom is -0.856 e.